The van der Waals surface area contributed by atoms with Gasteiger partial charge in [0.2, 0.25) is 10.0 Å². The molecule has 4 fully saturated rings. The molecule has 4 aliphatic carbocycles. The van der Waals surface area contributed by atoms with Crippen LogP contribution in [0.5, 0.6) is 0 Å². The summed E-state index contributed by atoms with van der Waals surface area (Å²) in [6, 6.07) is 0.285. The van der Waals surface area contributed by atoms with Crippen molar-refractivity contribution in [3.8, 4) is 0 Å². The smallest absolute Gasteiger partial charge is 0.321 e. The summed E-state index contributed by atoms with van der Waals surface area (Å²) in [7, 11) is -3.49. The number of hydrogen-bond acceptors (Lipinski definition) is 4. The van der Waals surface area contributed by atoms with Crippen LogP contribution >= 0.6 is 11.6 Å². The Kier molecular flexibility index (Phi) is 7.02. The molecule has 178 valence electrons. The molecule has 0 heterocycles. The number of nitrogens with zero attached hydrogens (tertiary/aromatic N) is 1. The molecule has 4 saturated carbocycles. The third kappa shape index (κ3) is 4.30. The van der Waals surface area contributed by atoms with E-state index < -0.39 is 21.4 Å². The van der Waals surface area contributed by atoms with Gasteiger partial charge >= 0.3 is 5.97 Å². The van der Waals surface area contributed by atoms with Crippen LogP contribution in [0.4, 0.5) is 0 Å². The number of esters is 1. The van der Waals surface area contributed by atoms with Crippen LogP contribution in [-0.4, -0.2) is 48.5 Å². The Morgan fingerprint density at radius 2 is 1.52 bits per heavy atom. The lowest BCUT2D eigenvalue weighted by molar-refractivity contribution is -0.153. The number of carbonyl (C=O) groups is 1. The van der Waals surface area contributed by atoms with Gasteiger partial charge in [-0.2, -0.15) is 4.31 Å². The van der Waals surface area contributed by atoms with Crippen molar-refractivity contribution in [1.82, 2.24) is 4.31 Å². The van der Waals surface area contributed by atoms with Gasteiger partial charge < -0.3 is 4.74 Å². The van der Waals surface area contributed by atoms with E-state index in [4.69, 9.17) is 16.3 Å². The Labute approximate surface area is 193 Å². The second-order valence-electron chi connectivity index (χ2n) is 11.1. The van der Waals surface area contributed by atoms with Crippen LogP contribution < -0.4 is 0 Å². The Hall–Kier alpha value is -0.330. The van der Waals surface area contributed by atoms with Gasteiger partial charge in [-0.1, -0.05) is 52.4 Å². The molecule has 0 aromatic heterocycles. The summed E-state index contributed by atoms with van der Waals surface area (Å²) in [4.78, 5) is 12.1. The zero-order valence-electron chi connectivity index (χ0n) is 19.3. The lowest BCUT2D eigenvalue weighted by atomic mass is 9.69. The summed E-state index contributed by atoms with van der Waals surface area (Å²) in [5.74, 6) is -0.103. The normalized spacial score (nSPS) is 34.3. The number of rotatable bonds is 7. The molecule has 0 unspecified atom stereocenters. The first-order valence-corrected chi connectivity index (χ1v) is 14.6. The molecule has 0 spiro atoms. The van der Waals surface area contributed by atoms with Crippen LogP contribution in [0.15, 0.2) is 0 Å². The fourth-order valence-corrected chi connectivity index (χ4v) is 10.4. The Bertz CT molecular complexity index is 740. The first kappa shape index (κ1) is 23.8. The minimum absolute atomic E-state index is 0.108. The molecule has 0 aromatic carbocycles. The summed E-state index contributed by atoms with van der Waals surface area (Å²) in [5, 5.41) is 0. The van der Waals surface area contributed by atoms with Gasteiger partial charge in [-0.25, -0.2) is 8.42 Å². The van der Waals surface area contributed by atoms with Crippen molar-refractivity contribution in [1.29, 1.82) is 0 Å². The third-order valence-corrected chi connectivity index (χ3v) is 11.7. The van der Waals surface area contributed by atoms with Crippen molar-refractivity contribution in [3.05, 3.63) is 0 Å². The van der Waals surface area contributed by atoms with E-state index in [2.05, 4.69) is 13.8 Å². The highest BCUT2D eigenvalue weighted by molar-refractivity contribution is 7.89. The minimum Gasteiger partial charge on any atom is -0.461 e. The molecule has 2 bridgehead atoms. The molecule has 0 radical (unpaired) electrons. The largest absolute Gasteiger partial charge is 0.461 e. The van der Waals surface area contributed by atoms with Crippen molar-refractivity contribution in [2.45, 2.75) is 116 Å². The van der Waals surface area contributed by atoms with E-state index in [0.717, 1.165) is 70.6 Å². The second-order valence-corrected chi connectivity index (χ2v) is 13.3. The molecule has 4 aliphatic rings. The van der Waals surface area contributed by atoms with E-state index in [-0.39, 0.29) is 35.2 Å². The number of ether oxygens (including phenoxy) is 1. The highest BCUT2D eigenvalue weighted by Crippen LogP contribution is 2.67. The summed E-state index contributed by atoms with van der Waals surface area (Å²) in [6.07, 6.45) is 13.1. The van der Waals surface area contributed by atoms with Gasteiger partial charge in [-0.05, 0) is 56.3 Å². The number of halogens is 1. The predicted octanol–water partition coefficient (Wildman–Crippen LogP) is 5.26. The monoisotopic (exact) mass is 473 g/mol. The average Bonchev–Trinajstić information content (AvgIpc) is 3.09. The van der Waals surface area contributed by atoms with Crippen LogP contribution in [0.2, 0.25) is 0 Å². The first-order chi connectivity index (χ1) is 14.7. The molecule has 0 N–H and O–H groups in total. The zero-order chi connectivity index (χ0) is 22.3. The molecule has 5 nitrogen and oxygen atoms in total. The molecular formula is C24H40ClNO4S. The SMILES string of the molecule is CC1(C)[C@H]2CC[C@@]1(CS(=O)(=O)N(C1CCCCC1)C1CCCCC1)[C@H](OC(=O)CCl)C2. The quantitative estimate of drug-likeness (QED) is 0.373. The maximum Gasteiger partial charge on any atom is 0.321 e. The first-order valence-electron chi connectivity index (χ1n) is 12.5. The van der Waals surface area contributed by atoms with Crippen LogP contribution in [0, 0.1) is 16.7 Å². The van der Waals surface area contributed by atoms with Crippen LogP contribution in [0.25, 0.3) is 0 Å². The van der Waals surface area contributed by atoms with Crippen LogP contribution in [-0.2, 0) is 19.6 Å². The van der Waals surface area contributed by atoms with E-state index in [1.54, 1.807) is 0 Å². The fourth-order valence-electron chi connectivity index (χ4n) is 7.52. The van der Waals surface area contributed by atoms with Crippen molar-refractivity contribution in [2.24, 2.45) is 16.7 Å². The molecule has 0 aromatic rings. The van der Waals surface area contributed by atoms with Crippen LogP contribution in [0.3, 0.4) is 0 Å². The Morgan fingerprint density at radius 3 is 2.00 bits per heavy atom. The Morgan fingerprint density at radius 1 is 0.968 bits per heavy atom. The van der Waals surface area contributed by atoms with E-state index in [1.165, 1.54) is 12.8 Å². The number of carbonyl (C=O) groups excluding carboxylic acids is 1. The average molecular weight is 474 g/mol. The summed E-state index contributed by atoms with van der Waals surface area (Å²) in [5.41, 5.74) is -0.679. The number of alkyl halides is 1. The predicted molar refractivity (Wildman–Crippen MR) is 124 cm³/mol. The molecule has 31 heavy (non-hydrogen) atoms. The zero-order valence-corrected chi connectivity index (χ0v) is 20.9. The van der Waals surface area contributed by atoms with Gasteiger partial charge in [-0.3, -0.25) is 4.79 Å². The van der Waals surface area contributed by atoms with Gasteiger partial charge in [0.1, 0.15) is 12.0 Å². The molecule has 0 amide bonds. The highest BCUT2D eigenvalue weighted by Gasteiger charge is 2.67. The minimum atomic E-state index is -3.49. The number of sulfonamides is 1. The van der Waals surface area contributed by atoms with Crippen molar-refractivity contribution >= 4 is 27.6 Å². The topological polar surface area (TPSA) is 63.7 Å². The molecule has 3 atom stereocenters. The van der Waals surface area contributed by atoms with Gasteiger partial charge in [-0.15, -0.1) is 11.6 Å². The van der Waals surface area contributed by atoms with E-state index >= 15 is 0 Å². The van der Waals surface area contributed by atoms with Crippen molar-refractivity contribution in [2.75, 3.05) is 11.6 Å². The third-order valence-electron chi connectivity index (χ3n) is 9.37. The number of hydrogen-bond donors (Lipinski definition) is 0. The van der Waals surface area contributed by atoms with Gasteiger partial charge in [0.05, 0.1) is 5.75 Å². The van der Waals surface area contributed by atoms with Crippen molar-refractivity contribution in [3.63, 3.8) is 0 Å². The second kappa shape index (κ2) is 9.13. The standard InChI is InChI=1S/C24H40ClNO4S/c1-23(2)18-13-14-24(23,21(15-18)30-22(27)16-25)17-31(28,29)26(19-9-5-3-6-10-19)20-11-7-4-8-12-20/h18-21H,3-17H2,1-2H3/t18-,21+,24+/m0/s1. The van der Waals surface area contributed by atoms with E-state index in [9.17, 15) is 13.2 Å². The maximum atomic E-state index is 14.2. The van der Waals surface area contributed by atoms with Gasteiger partial charge in [0, 0.05) is 17.5 Å². The summed E-state index contributed by atoms with van der Waals surface area (Å²) in [6.45, 7) is 4.39. The van der Waals surface area contributed by atoms with E-state index in [1.807, 2.05) is 4.31 Å². The lowest BCUT2D eigenvalue weighted by Gasteiger charge is -2.46. The molecular weight excluding hydrogens is 434 g/mol. The number of fused-ring (bicyclic) bond motifs is 2. The summed E-state index contributed by atoms with van der Waals surface area (Å²) >= 11 is 5.73. The van der Waals surface area contributed by atoms with Gasteiger partial charge in [0.25, 0.3) is 0 Å². The van der Waals surface area contributed by atoms with E-state index in [0.29, 0.717) is 5.92 Å². The summed E-state index contributed by atoms with van der Waals surface area (Å²) < 4.78 is 36.2. The Balaban J connectivity index is 1.65. The lowest BCUT2D eigenvalue weighted by Crippen LogP contribution is -2.54. The van der Waals surface area contributed by atoms with Crippen molar-refractivity contribution < 1.29 is 17.9 Å². The molecule has 0 saturated heterocycles. The van der Waals surface area contributed by atoms with Gasteiger partial charge in [0.15, 0.2) is 0 Å². The molecule has 0 aliphatic heterocycles. The highest BCUT2D eigenvalue weighted by atomic mass is 35.5. The maximum absolute atomic E-state index is 14.2. The fraction of sp³-hybridized carbons (Fsp3) is 0.958. The molecule has 4 rings (SSSR count). The van der Waals surface area contributed by atoms with Crippen LogP contribution in [0.1, 0.15) is 97.3 Å². The molecule has 7 heteroatoms.